The molecule has 0 spiro atoms. The molecule has 0 saturated carbocycles. The molecule has 0 aliphatic rings. The van der Waals surface area contributed by atoms with Gasteiger partial charge in [-0.2, -0.15) is 0 Å². The molecule has 1 rings (SSSR count). The predicted octanol–water partition coefficient (Wildman–Crippen LogP) is 7.09. The molecule has 0 aliphatic carbocycles. The van der Waals surface area contributed by atoms with E-state index in [4.69, 9.17) is 0 Å². The molecule has 0 aliphatic heterocycles. The third-order valence-corrected chi connectivity index (χ3v) is 16.3. The van der Waals surface area contributed by atoms with Gasteiger partial charge in [0.2, 0.25) is 0 Å². The summed E-state index contributed by atoms with van der Waals surface area (Å²) in [5, 5.41) is 4.47. The van der Waals surface area contributed by atoms with Gasteiger partial charge in [0.05, 0.1) is 0 Å². The zero-order valence-electron chi connectivity index (χ0n) is 14.5. The first-order chi connectivity index (χ1) is 10.2. The molecule has 0 unspecified atom stereocenters. The van der Waals surface area contributed by atoms with Crippen molar-refractivity contribution < 1.29 is 0 Å². The van der Waals surface area contributed by atoms with Gasteiger partial charge in [0.15, 0.2) is 0 Å². The fraction of sp³-hybridized carbons (Fsp3) is 0.600. The molecule has 0 amide bonds. The Morgan fingerprint density at radius 3 is 1.62 bits per heavy atom. The summed E-state index contributed by atoms with van der Waals surface area (Å²) in [5.41, 5.74) is 1.43. The Hall–Kier alpha value is -0.497. The van der Waals surface area contributed by atoms with E-state index in [-0.39, 0.29) is 0 Å². The van der Waals surface area contributed by atoms with Crippen molar-refractivity contribution in [3.63, 3.8) is 0 Å². The Labute approximate surface area is 135 Å². The minimum absolute atomic E-state index is 1.33. The van der Waals surface area contributed by atoms with Gasteiger partial charge >= 0.3 is 135 Å². The van der Waals surface area contributed by atoms with Crippen LogP contribution in [-0.2, 0) is 0 Å². The maximum absolute atomic E-state index is 4.64. The van der Waals surface area contributed by atoms with Crippen molar-refractivity contribution in [1.29, 1.82) is 0 Å². The van der Waals surface area contributed by atoms with E-state index >= 15 is 0 Å². The quantitative estimate of drug-likeness (QED) is 0.375. The van der Waals surface area contributed by atoms with Crippen molar-refractivity contribution in [2.45, 2.75) is 75.1 Å². The van der Waals surface area contributed by atoms with E-state index in [1.165, 1.54) is 59.8 Å². The molecular weight excluding hydrogens is 313 g/mol. The number of benzene rings is 1. The summed E-state index contributed by atoms with van der Waals surface area (Å²) in [6, 6.07) is 11.0. The first-order valence-corrected chi connectivity index (χ1v) is 14.4. The molecule has 118 valence electrons. The zero-order valence-corrected chi connectivity index (χ0v) is 16.6. The SMILES string of the molecule is C=[C](c1ccccc1)[Ge]([CH2]CCC)([CH2]CCC)[CH2]CCC. The Morgan fingerprint density at radius 1 is 0.810 bits per heavy atom. The van der Waals surface area contributed by atoms with Gasteiger partial charge in [-0.25, -0.2) is 0 Å². The molecule has 0 nitrogen and oxygen atoms in total. The maximum atomic E-state index is 4.64. The van der Waals surface area contributed by atoms with E-state index in [0.717, 1.165) is 0 Å². The Balaban J connectivity index is 3.02. The molecular formula is C20H34Ge. The van der Waals surface area contributed by atoms with E-state index in [9.17, 15) is 0 Å². The predicted molar refractivity (Wildman–Crippen MR) is 100 cm³/mol. The summed E-state index contributed by atoms with van der Waals surface area (Å²) in [6.45, 7) is 11.6. The third-order valence-electron chi connectivity index (χ3n) is 4.79. The monoisotopic (exact) mass is 348 g/mol. The van der Waals surface area contributed by atoms with Crippen LogP contribution in [0.25, 0.3) is 4.41 Å². The standard InChI is InChI=1S/C20H34Ge/c1-5-8-16-21(17-9-6-2,18-10-7-3)19(4)20-14-12-11-13-15-20/h11-15H,4-10,16-18H2,1-3H3. The van der Waals surface area contributed by atoms with Crippen LogP contribution in [0.3, 0.4) is 0 Å². The summed E-state index contributed by atoms with van der Waals surface area (Å²) in [7, 11) is 0. The van der Waals surface area contributed by atoms with Gasteiger partial charge < -0.3 is 0 Å². The van der Waals surface area contributed by atoms with Crippen LogP contribution in [0.5, 0.6) is 0 Å². The molecule has 0 radical (unpaired) electrons. The normalized spacial score (nSPS) is 11.6. The second-order valence-electron chi connectivity index (χ2n) is 6.44. The molecule has 0 heterocycles. The number of rotatable bonds is 11. The van der Waals surface area contributed by atoms with Gasteiger partial charge in [-0.05, 0) is 0 Å². The van der Waals surface area contributed by atoms with Crippen LogP contribution in [-0.4, -0.2) is 13.3 Å². The molecule has 1 heteroatoms. The molecule has 1 aromatic rings. The van der Waals surface area contributed by atoms with Gasteiger partial charge in [0.25, 0.3) is 0 Å². The molecule has 21 heavy (non-hydrogen) atoms. The Kier molecular flexibility index (Phi) is 9.07. The van der Waals surface area contributed by atoms with Crippen LogP contribution in [0.1, 0.15) is 64.9 Å². The van der Waals surface area contributed by atoms with Crippen LogP contribution < -0.4 is 0 Å². The Morgan fingerprint density at radius 2 is 1.24 bits per heavy atom. The minimum atomic E-state index is -2.00. The first-order valence-electron chi connectivity index (χ1n) is 8.95. The molecule has 0 N–H and O–H groups in total. The van der Waals surface area contributed by atoms with Crippen molar-refractivity contribution in [2.75, 3.05) is 0 Å². The summed E-state index contributed by atoms with van der Waals surface area (Å²) in [6.07, 6.45) is 8.19. The van der Waals surface area contributed by atoms with Crippen molar-refractivity contribution in [2.24, 2.45) is 0 Å². The van der Waals surface area contributed by atoms with Crippen LogP contribution in [0.2, 0.25) is 15.8 Å². The van der Waals surface area contributed by atoms with Crippen LogP contribution in [0.4, 0.5) is 0 Å². The van der Waals surface area contributed by atoms with Crippen LogP contribution >= 0.6 is 0 Å². The first kappa shape index (κ1) is 18.6. The second-order valence-corrected chi connectivity index (χ2v) is 16.2. The van der Waals surface area contributed by atoms with Crippen molar-refractivity contribution in [3.05, 3.63) is 42.5 Å². The van der Waals surface area contributed by atoms with Gasteiger partial charge in [0, 0.05) is 0 Å². The third kappa shape index (κ3) is 5.66. The molecule has 0 saturated heterocycles. The molecule has 0 atom stereocenters. The number of unbranched alkanes of at least 4 members (excludes halogenated alkanes) is 3. The van der Waals surface area contributed by atoms with E-state index in [2.05, 4.69) is 57.7 Å². The molecule has 0 fully saturated rings. The average molecular weight is 347 g/mol. The average Bonchev–Trinajstić information content (AvgIpc) is 2.55. The summed E-state index contributed by atoms with van der Waals surface area (Å²) in [5.74, 6) is 0. The topological polar surface area (TPSA) is 0 Å². The van der Waals surface area contributed by atoms with Crippen molar-refractivity contribution in [3.8, 4) is 0 Å². The summed E-state index contributed by atoms with van der Waals surface area (Å²) >= 11 is -2.00. The van der Waals surface area contributed by atoms with Crippen LogP contribution in [0.15, 0.2) is 36.9 Å². The van der Waals surface area contributed by atoms with E-state index in [1.807, 2.05) is 0 Å². The van der Waals surface area contributed by atoms with Crippen molar-refractivity contribution in [1.82, 2.24) is 0 Å². The van der Waals surface area contributed by atoms with Gasteiger partial charge in [0.1, 0.15) is 0 Å². The number of hydrogen-bond donors (Lipinski definition) is 0. The van der Waals surface area contributed by atoms with Gasteiger partial charge in [-0.3, -0.25) is 0 Å². The number of hydrogen-bond acceptors (Lipinski definition) is 0. The Bertz CT molecular complexity index is 372. The van der Waals surface area contributed by atoms with Crippen LogP contribution in [0, 0.1) is 0 Å². The molecule has 0 bridgehead atoms. The fourth-order valence-electron chi connectivity index (χ4n) is 3.32. The van der Waals surface area contributed by atoms with Crippen molar-refractivity contribution >= 4 is 17.7 Å². The zero-order chi connectivity index (χ0) is 15.6. The van der Waals surface area contributed by atoms with Gasteiger partial charge in [-0.1, -0.05) is 0 Å². The second kappa shape index (κ2) is 10.3. The van der Waals surface area contributed by atoms with E-state index in [0.29, 0.717) is 0 Å². The van der Waals surface area contributed by atoms with E-state index in [1.54, 1.807) is 4.41 Å². The summed E-state index contributed by atoms with van der Waals surface area (Å²) < 4.78 is 1.57. The van der Waals surface area contributed by atoms with E-state index < -0.39 is 13.3 Å². The fourth-order valence-corrected chi connectivity index (χ4v) is 14.9. The summed E-state index contributed by atoms with van der Waals surface area (Å²) in [4.78, 5) is 0. The molecule has 0 aromatic heterocycles. The van der Waals surface area contributed by atoms with Gasteiger partial charge in [-0.15, -0.1) is 0 Å². The molecule has 1 aromatic carbocycles.